The summed E-state index contributed by atoms with van der Waals surface area (Å²) in [6.07, 6.45) is 1.35. The Kier molecular flexibility index (Phi) is 4.43. The highest BCUT2D eigenvalue weighted by molar-refractivity contribution is 7.22. The molecule has 4 N–H and O–H groups in total. The normalized spacial score (nSPS) is 10.7. The Balaban J connectivity index is 1.62. The molecule has 0 saturated heterocycles. The van der Waals surface area contributed by atoms with Crippen molar-refractivity contribution in [2.75, 3.05) is 23.5 Å². The Morgan fingerprint density at radius 1 is 1.07 bits per heavy atom. The summed E-state index contributed by atoms with van der Waals surface area (Å²) in [5.41, 5.74) is 7.53. The summed E-state index contributed by atoms with van der Waals surface area (Å²) in [4.78, 5) is 12.8. The molecule has 4 rings (SSSR count). The first-order valence-corrected chi connectivity index (χ1v) is 8.79. The van der Waals surface area contributed by atoms with Gasteiger partial charge >= 0.3 is 0 Å². The maximum atomic E-state index is 13.9. The molecule has 0 atom stereocenters. The fourth-order valence-electron chi connectivity index (χ4n) is 2.47. The highest BCUT2D eigenvalue weighted by atomic mass is 32.1. The van der Waals surface area contributed by atoms with E-state index in [9.17, 15) is 4.39 Å². The predicted octanol–water partition coefficient (Wildman–Crippen LogP) is 4.30. The van der Waals surface area contributed by atoms with E-state index in [1.807, 2.05) is 18.2 Å². The first-order chi connectivity index (χ1) is 13.1. The van der Waals surface area contributed by atoms with Crippen LogP contribution >= 0.6 is 11.3 Å². The molecule has 0 spiro atoms. The van der Waals surface area contributed by atoms with E-state index in [4.69, 9.17) is 10.5 Å². The second-order valence-electron chi connectivity index (χ2n) is 5.57. The van der Waals surface area contributed by atoms with Crippen LogP contribution in [0.1, 0.15) is 0 Å². The van der Waals surface area contributed by atoms with Crippen LogP contribution in [0, 0.1) is 5.82 Å². The van der Waals surface area contributed by atoms with Crippen LogP contribution in [0.15, 0.2) is 48.8 Å². The molecular formula is C18H15FN6OS. The summed E-state index contributed by atoms with van der Waals surface area (Å²) in [6.45, 7) is 0. The third-order valence-corrected chi connectivity index (χ3v) is 4.77. The van der Waals surface area contributed by atoms with Gasteiger partial charge in [0, 0.05) is 0 Å². The Morgan fingerprint density at radius 3 is 2.63 bits per heavy atom. The number of para-hydroxylation sites is 1. The lowest BCUT2D eigenvalue weighted by Gasteiger charge is -2.11. The number of anilines is 5. The zero-order valence-corrected chi connectivity index (χ0v) is 15.0. The van der Waals surface area contributed by atoms with Gasteiger partial charge in [0.15, 0.2) is 16.8 Å². The van der Waals surface area contributed by atoms with Gasteiger partial charge in [-0.1, -0.05) is 23.5 Å². The van der Waals surface area contributed by atoms with Crippen LogP contribution in [0.2, 0.25) is 0 Å². The Hall–Kier alpha value is -3.46. The number of nitrogens with two attached hydrogens (primary N) is 1. The lowest BCUT2D eigenvalue weighted by atomic mass is 10.3. The number of methoxy groups -OCH3 is 1. The molecule has 9 heteroatoms. The maximum Gasteiger partial charge on any atom is 0.189 e. The van der Waals surface area contributed by atoms with Crippen LogP contribution in [0.5, 0.6) is 5.75 Å². The van der Waals surface area contributed by atoms with Gasteiger partial charge in [0.05, 0.1) is 23.0 Å². The zero-order chi connectivity index (χ0) is 18.8. The Bertz CT molecular complexity index is 1120. The fourth-order valence-corrected chi connectivity index (χ4v) is 3.36. The number of hydrogen-bond acceptors (Lipinski definition) is 8. The van der Waals surface area contributed by atoms with E-state index in [2.05, 4.69) is 25.6 Å². The number of aromatic nitrogens is 3. The molecule has 0 saturated carbocycles. The molecule has 2 heterocycles. The van der Waals surface area contributed by atoms with E-state index in [0.29, 0.717) is 16.8 Å². The van der Waals surface area contributed by atoms with Gasteiger partial charge in [-0.25, -0.2) is 19.3 Å². The lowest BCUT2D eigenvalue weighted by Crippen LogP contribution is -2.05. The van der Waals surface area contributed by atoms with E-state index >= 15 is 0 Å². The van der Waals surface area contributed by atoms with Crippen LogP contribution in [0.4, 0.5) is 32.5 Å². The molecular weight excluding hydrogens is 367 g/mol. The highest BCUT2D eigenvalue weighted by Crippen LogP contribution is 2.33. The SMILES string of the molecule is COc1ccc2nc(Nc3ncnc(Nc4ccccc4F)c3N)sc2c1. The highest BCUT2D eigenvalue weighted by Gasteiger charge is 2.12. The fraction of sp³-hybridized carbons (Fsp3) is 0.0556. The van der Waals surface area contributed by atoms with Crippen molar-refractivity contribution in [1.29, 1.82) is 0 Å². The number of benzene rings is 2. The average Bonchev–Trinajstić information content (AvgIpc) is 3.08. The summed E-state index contributed by atoms with van der Waals surface area (Å²) in [7, 11) is 1.62. The smallest absolute Gasteiger partial charge is 0.189 e. The molecule has 0 aliphatic rings. The van der Waals surface area contributed by atoms with Crippen molar-refractivity contribution < 1.29 is 9.13 Å². The number of thiazole rings is 1. The van der Waals surface area contributed by atoms with Crippen molar-refractivity contribution in [2.45, 2.75) is 0 Å². The number of halogens is 1. The van der Waals surface area contributed by atoms with Gasteiger partial charge in [-0.3, -0.25) is 0 Å². The maximum absolute atomic E-state index is 13.9. The molecule has 2 aromatic carbocycles. The molecule has 0 aliphatic carbocycles. The molecule has 0 aliphatic heterocycles. The monoisotopic (exact) mass is 382 g/mol. The minimum Gasteiger partial charge on any atom is -0.497 e. The number of nitrogens with zero attached hydrogens (tertiary/aromatic N) is 3. The van der Waals surface area contributed by atoms with Crippen molar-refractivity contribution in [3.8, 4) is 5.75 Å². The molecule has 27 heavy (non-hydrogen) atoms. The summed E-state index contributed by atoms with van der Waals surface area (Å²) in [5.74, 6) is 1.05. The van der Waals surface area contributed by atoms with E-state index in [1.165, 1.54) is 23.7 Å². The standard InChI is InChI=1S/C18H15FN6OS/c1-26-10-6-7-13-14(8-10)27-18(24-13)25-17-15(20)16(21-9-22-17)23-12-5-3-2-4-11(12)19/h2-9H,20H2,1H3,(H2,21,22,23,24,25). The molecule has 136 valence electrons. The van der Waals surface area contributed by atoms with Gasteiger partial charge in [0.25, 0.3) is 0 Å². The zero-order valence-electron chi connectivity index (χ0n) is 14.2. The number of ether oxygens (including phenoxy) is 1. The average molecular weight is 382 g/mol. The summed E-state index contributed by atoms with van der Waals surface area (Å²) < 4.78 is 20.1. The third kappa shape index (κ3) is 3.44. The molecule has 0 amide bonds. The molecule has 7 nitrogen and oxygen atoms in total. The third-order valence-electron chi connectivity index (χ3n) is 3.83. The van der Waals surface area contributed by atoms with Gasteiger partial charge in [-0.15, -0.1) is 0 Å². The van der Waals surface area contributed by atoms with Gasteiger partial charge in [-0.05, 0) is 30.3 Å². The molecule has 0 radical (unpaired) electrons. The first kappa shape index (κ1) is 17.0. The van der Waals surface area contributed by atoms with Crippen LogP contribution in [0.3, 0.4) is 0 Å². The minimum absolute atomic E-state index is 0.262. The van der Waals surface area contributed by atoms with Gasteiger partial charge in [-0.2, -0.15) is 0 Å². The molecule has 4 aromatic rings. The second kappa shape index (κ2) is 7.04. The number of fused-ring (bicyclic) bond motifs is 1. The predicted molar refractivity (Wildman–Crippen MR) is 106 cm³/mol. The van der Waals surface area contributed by atoms with Crippen molar-refractivity contribution in [3.63, 3.8) is 0 Å². The van der Waals surface area contributed by atoms with E-state index < -0.39 is 5.82 Å². The van der Waals surface area contributed by atoms with Gasteiger partial charge in [0.2, 0.25) is 0 Å². The first-order valence-electron chi connectivity index (χ1n) is 7.97. The molecule has 0 bridgehead atoms. The number of rotatable bonds is 5. The molecule has 2 aromatic heterocycles. The van der Waals surface area contributed by atoms with E-state index in [-0.39, 0.29) is 11.4 Å². The van der Waals surface area contributed by atoms with Crippen LogP contribution in [-0.2, 0) is 0 Å². The van der Waals surface area contributed by atoms with E-state index in [0.717, 1.165) is 16.0 Å². The second-order valence-corrected chi connectivity index (χ2v) is 6.60. The number of nitrogens with one attached hydrogen (secondary N) is 2. The largest absolute Gasteiger partial charge is 0.497 e. The number of hydrogen-bond donors (Lipinski definition) is 3. The van der Waals surface area contributed by atoms with Crippen molar-refractivity contribution in [2.24, 2.45) is 0 Å². The summed E-state index contributed by atoms with van der Waals surface area (Å²) >= 11 is 1.44. The van der Waals surface area contributed by atoms with Crippen LogP contribution < -0.4 is 21.1 Å². The van der Waals surface area contributed by atoms with Crippen molar-refractivity contribution in [3.05, 3.63) is 54.6 Å². The minimum atomic E-state index is -0.398. The van der Waals surface area contributed by atoms with Gasteiger partial charge < -0.3 is 21.1 Å². The lowest BCUT2D eigenvalue weighted by molar-refractivity contribution is 0.415. The number of nitrogen functional groups attached to an aromatic ring is 1. The van der Waals surface area contributed by atoms with Crippen LogP contribution in [0.25, 0.3) is 10.2 Å². The van der Waals surface area contributed by atoms with E-state index in [1.54, 1.807) is 25.3 Å². The Morgan fingerprint density at radius 2 is 1.85 bits per heavy atom. The van der Waals surface area contributed by atoms with Crippen LogP contribution in [-0.4, -0.2) is 22.1 Å². The van der Waals surface area contributed by atoms with Crippen molar-refractivity contribution >= 4 is 49.7 Å². The van der Waals surface area contributed by atoms with Gasteiger partial charge in [0.1, 0.15) is 23.6 Å². The summed E-state index contributed by atoms with van der Waals surface area (Å²) in [5, 5.41) is 6.61. The quantitative estimate of drug-likeness (QED) is 0.473. The summed E-state index contributed by atoms with van der Waals surface area (Å²) in [6, 6.07) is 11.9. The molecule has 0 fully saturated rings. The Labute approximate surface area is 158 Å². The topological polar surface area (TPSA) is 98.0 Å². The molecule has 0 unspecified atom stereocenters. The van der Waals surface area contributed by atoms with Crippen molar-refractivity contribution in [1.82, 2.24) is 15.0 Å².